The van der Waals surface area contributed by atoms with Crippen LogP contribution in [0.4, 0.5) is 34.1 Å². The zero-order valence-electron chi connectivity index (χ0n) is 49.8. The lowest BCUT2D eigenvalue weighted by molar-refractivity contribution is 0.670. The lowest BCUT2D eigenvalue weighted by Gasteiger charge is -2.31. The number of benzene rings is 16. The van der Waals surface area contributed by atoms with Crippen LogP contribution in [0.5, 0.6) is 0 Å². The van der Waals surface area contributed by atoms with Crippen LogP contribution in [0.25, 0.3) is 132 Å². The van der Waals surface area contributed by atoms with Gasteiger partial charge in [0.05, 0.1) is 17.1 Å². The summed E-state index contributed by atoms with van der Waals surface area (Å²) in [5.74, 6) is 0. The summed E-state index contributed by atoms with van der Waals surface area (Å²) in [6.07, 6.45) is 0. The number of anilines is 6. The molecule has 0 N–H and O–H groups in total. The number of hydrogen-bond donors (Lipinski definition) is 0. The molecular formula is C88H58N2O. The van der Waals surface area contributed by atoms with E-state index in [2.05, 4.69) is 356 Å². The highest BCUT2D eigenvalue weighted by Crippen LogP contribution is 2.50. The highest BCUT2D eigenvalue weighted by molar-refractivity contribution is 6.13. The van der Waals surface area contributed by atoms with Crippen molar-refractivity contribution in [2.24, 2.45) is 0 Å². The van der Waals surface area contributed by atoms with E-state index < -0.39 is 0 Å². The molecule has 17 aromatic rings. The predicted molar refractivity (Wildman–Crippen MR) is 386 cm³/mol. The molecule has 0 saturated carbocycles. The molecule has 0 bridgehead atoms. The molecule has 0 aliphatic heterocycles. The van der Waals surface area contributed by atoms with E-state index in [0.717, 1.165) is 100 Å². The Morgan fingerprint density at radius 2 is 0.648 bits per heavy atom. The van der Waals surface area contributed by atoms with Crippen molar-refractivity contribution in [1.29, 1.82) is 0 Å². The van der Waals surface area contributed by atoms with Crippen molar-refractivity contribution in [1.82, 2.24) is 0 Å². The van der Waals surface area contributed by atoms with E-state index >= 15 is 0 Å². The van der Waals surface area contributed by atoms with E-state index in [1.54, 1.807) is 0 Å². The van der Waals surface area contributed by atoms with Crippen molar-refractivity contribution in [2.75, 3.05) is 9.80 Å². The Morgan fingerprint density at radius 3 is 1.43 bits per heavy atom. The van der Waals surface area contributed by atoms with Crippen LogP contribution in [0.3, 0.4) is 0 Å². The van der Waals surface area contributed by atoms with Gasteiger partial charge < -0.3 is 14.2 Å². The number of furan rings is 1. The third-order valence-electron chi connectivity index (χ3n) is 18.3. The Morgan fingerprint density at radius 1 is 0.187 bits per heavy atom. The van der Waals surface area contributed by atoms with Gasteiger partial charge in [-0.15, -0.1) is 0 Å². The maximum absolute atomic E-state index is 6.52. The molecule has 426 valence electrons. The summed E-state index contributed by atoms with van der Waals surface area (Å²) in [6.45, 7) is 0. The second-order valence-corrected chi connectivity index (χ2v) is 23.5. The average molecular weight is 1160 g/mol. The molecule has 0 spiro atoms. The third kappa shape index (κ3) is 9.56. The van der Waals surface area contributed by atoms with Gasteiger partial charge in [-0.25, -0.2) is 0 Å². The lowest BCUT2D eigenvalue weighted by atomic mass is 9.94. The summed E-state index contributed by atoms with van der Waals surface area (Å²) in [5, 5.41) is 11.8. The largest absolute Gasteiger partial charge is 0.455 e. The lowest BCUT2D eigenvalue weighted by Crippen LogP contribution is -2.13. The van der Waals surface area contributed by atoms with E-state index in [0.29, 0.717) is 0 Å². The van der Waals surface area contributed by atoms with Crippen molar-refractivity contribution in [2.45, 2.75) is 0 Å². The molecule has 3 heteroatoms. The van der Waals surface area contributed by atoms with E-state index in [1.165, 1.54) is 65.7 Å². The highest BCUT2D eigenvalue weighted by atomic mass is 16.3. The first kappa shape index (κ1) is 53.2. The number of hydrogen-bond acceptors (Lipinski definition) is 3. The van der Waals surface area contributed by atoms with Crippen LogP contribution < -0.4 is 9.80 Å². The van der Waals surface area contributed by atoms with E-state index in [-0.39, 0.29) is 0 Å². The Hall–Kier alpha value is -12.0. The normalized spacial score (nSPS) is 11.5. The zero-order valence-corrected chi connectivity index (χ0v) is 49.8. The zero-order chi connectivity index (χ0) is 60.2. The fourth-order valence-electron chi connectivity index (χ4n) is 13.9. The quantitative estimate of drug-likeness (QED) is 0.114. The number of para-hydroxylation sites is 4. The summed E-state index contributed by atoms with van der Waals surface area (Å²) in [5.41, 5.74) is 22.0. The van der Waals surface area contributed by atoms with Crippen LogP contribution in [0, 0.1) is 0 Å². The fourth-order valence-corrected chi connectivity index (χ4v) is 13.9. The fraction of sp³-hybridized carbons (Fsp3) is 0. The van der Waals surface area contributed by atoms with E-state index in [9.17, 15) is 0 Å². The van der Waals surface area contributed by atoms with Crippen LogP contribution in [0.15, 0.2) is 356 Å². The van der Waals surface area contributed by atoms with Crippen LogP contribution in [0.2, 0.25) is 0 Å². The maximum atomic E-state index is 6.52. The van der Waals surface area contributed by atoms with Gasteiger partial charge in [-0.2, -0.15) is 0 Å². The first-order valence-electron chi connectivity index (χ1n) is 31.2. The van der Waals surface area contributed by atoms with Crippen molar-refractivity contribution in [3.63, 3.8) is 0 Å². The topological polar surface area (TPSA) is 19.6 Å². The molecule has 91 heavy (non-hydrogen) atoms. The Balaban J connectivity index is 0.814. The standard InChI is InChI=1S/C88H58N2O/c1-3-20-59(21-4-1)60-40-42-64(43-41-60)77-29-11-14-37-84(77)90(86-55-54-74(61-22-5-2-6-23-61)80-31-9-10-32-81(80)86)85-38-15-12-30-78(85)65-26-17-27-70(57-65)89(69-49-46-63(47-50-69)73-34-18-25-62-24-7-8-28-72(62)73)71-51-53-76-68(58-71)45-44-66-56-67(48-52-75(66)76)79-35-19-36-83-82-33-13-16-39-87(82)91-88(79)83/h1-58H. The third-order valence-corrected chi connectivity index (χ3v) is 18.3. The van der Waals surface area contributed by atoms with Crippen LogP contribution in [-0.4, -0.2) is 0 Å². The second kappa shape index (κ2) is 22.6. The van der Waals surface area contributed by atoms with Crippen LogP contribution in [0.1, 0.15) is 0 Å². The molecule has 1 aromatic heterocycles. The summed E-state index contributed by atoms with van der Waals surface area (Å²) >= 11 is 0. The Bertz CT molecular complexity index is 5590. The first-order chi connectivity index (χ1) is 45.1. The minimum atomic E-state index is 0.902. The predicted octanol–water partition coefficient (Wildman–Crippen LogP) is 25.1. The molecule has 0 radical (unpaired) electrons. The summed E-state index contributed by atoms with van der Waals surface area (Å²) < 4.78 is 6.52. The molecule has 0 aliphatic carbocycles. The van der Waals surface area contributed by atoms with Gasteiger partial charge in [0, 0.05) is 49.9 Å². The van der Waals surface area contributed by atoms with E-state index in [1.807, 2.05) is 6.07 Å². The number of nitrogens with zero attached hydrogens (tertiary/aromatic N) is 2. The van der Waals surface area contributed by atoms with Gasteiger partial charge in [0.15, 0.2) is 0 Å². The maximum Gasteiger partial charge on any atom is 0.143 e. The molecular weight excluding hydrogens is 1100 g/mol. The van der Waals surface area contributed by atoms with Crippen molar-refractivity contribution >= 4 is 99.2 Å². The molecule has 0 amide bonds. The number of fused-ring (bicyclic) bond motifs is 8. The molecule has 16 aromatic carbocycles. The van der Waals surface area contributed by atoms with Gasteiger partial charge in [-0.3, -0.25) is 0 Å². The molecule has 0 aliphatic rings. The molecule has 1 heterocycles. The van der Waals surface area contributed by atoms with Gasteiger partial charge in [-0.05, 0) is 155 Å². The molecule has 17 rings (SSSR count). The number of rotatable bonds is 12. The molecule has 0 saturated heterocycles. The van der Waals surface area contributed by atoms with Crippen LogP contribution >= 0.6 is 0 Å². The van der Waals surface area contributed by atoms with Gasteiger partial charge in [0.1, 0.15) is 11.2 Å². The minimum absolute atomic E-state index is 0.902. The van der Waals surface area contributed by atoms with Crippen molar-refractivity contribution in [3.05, 3.63) is 352 Å². The Kier molecular flexibility index (Phi) is 13.2. The monoisotopic (exact) mass is 1160 g/mol. The SMILES string of the molecule is c1ccc(-c2ccc(-c3ccccc3N(c3ccccc3-c3cccc(N(c4ccc(-c5cccc6ccccc56)cc4)c4ccc5c(ccc6cc(-c7cccc8c7oc7ccccc78)ccc65)c4)c3)c3ccc(-c4ccccc4)c4ccccc34)cc2)cc1. The smallest absolute Gasteiger partial charge is 0.143 e. The van der Waals surface area contributed by atoms with Gasteiger partial charge >= 0.3 is 0 Å². The van der Waals surface area contributed by atoms with Crippen molar-refractivity contribution in [3.8, 4) is 66.8 Å². The summed E-state index contributed by atoms with van der Waals surface area (Å²) in [7, 11) is 0. The summed E-state index contributed by atoms with van der Waals surface area (Å²) in [4.78, 5) is 4.92. The second-order valence-electron chi connectivity index (χ2n) is 23.5. The van der Waals surface area contributed by atoms with Crippen molar-refractivity contribution < 1.29 is 4.42 Å². The summed E-state index contributed by atoms with van der Waals surface area (Å²) in [6, 6.07) is 128. The first-order valence-corrected chi connectivity index (χ1v) is 31.2. The molecule has 3 nitrogen and oxygen atoms in total. The molecule has 0 atom stereocenters. The van der Waals surface area contributed by atoms with E-state index in [4.69, 9.17) is 4.42 Å². The molecule has 0 unspecified atom stereocenters. The van der Waals surface area contributed by atoms with Crippen LogP contribution in [-0.2, 0) is 0 Å². The van der Waals surface area contributed by atoms with Gasteiger partial charge in [0.2, 0.25) is 0 Å². The van der Waals surface area contributed by atoms with Gasteiger partial charge in [0.25, 0.3) is 0 Å². The van der Waals surface area contributed by atoms with Gasteiger partial charge in [-0.1, -0.05) is 285 Å². The molecule has 0 fully saturated rings. The Labute approximate surface area is 528 Å². The average Bonchev–Trinajstić information content (AvgIpc) is 1.49. The minimum Gasteiger partial charge on any atom is -0.455 e. The highest BCUT2D eigenvalue weighted by Gasteiger charge is 2.25.